The van der Waals surface area contributed by atoms with Gasteiger partial charge < -0.3 is 10.3 Å². The summed E-state index contributed by atoms with van der Waals surface area (Å²) >= 11 is 5.83. The Kier molecular flexibility index (Phi) is 4.39. The first-order chi connectivity index (χ1) is 10.7. The number of imidazole rings is 1. The average molecular weight is 314 g/mol. The van der Waals surface area contributed by atoms with Crippen LogP contribution in [0.5, 0.6) is 0 Å². The molecule has 1 amide bonds. The maximum atomic E-state index is 11.9. The fourth-order valence-corrected chi connectivity index (χ4v) is 2.46. The summed E-state index contributed by atoms with van der Waals surface area (Å²) in [5, 5.41) is 3.62. The van der Waals surface area contributed by atoms with E-state index in [1.807, 2.05) is 24.3 Å². The molecule has 0 aliphatic carbocycles. The summed E-state index contributed by atoms with van der Waals surface area (Å²) in [5.74, 6) is 0.0185. The Morgan fingerprint density at radius 1 is 1.14 bits per heavy atom. The molecule has 3 rings (SSSR count). The van der Waals surface area contributed by atoms with E-state index in [1.54, 1.807) is 18.5 Å². The van der Waals surface area contributed by atoms with E-state index in [1.165, 1.54) is 5.56 Å². The molecule has 2 aromatic carbocycles. The zero-order valence-corrected chi connectivity index (χ0v) is 12.7. The molecular weight excluding hydrogens is 298 g/mol. The van der Waals surface area contributed by atoms with Gasteiger partial charge in [-0.15, -0.1) is 0 Å². The molecule has 2 N–H and O–H groups in total. The number of hydrogen-bond donors (Lipinski definition) is 2. The zero-order chi connectivity index (χ0) is 15.4. The Morgan fingerprint density at radius 2 is 1.91 bits per heavy atom. The summed E-state index contributed by atoms with van der Waals surface area (Å²) in [6.45, 7) is 0.617. The van der Waals surface area contributed by atoms with Gasteiger partial charge in [0.15, 0.2) is 0 Å². The number of halogens is 1. The van der Waals surface area contributed by atoms with E-state index in [0.29, 0.717) is 18.0 Å². The quantitative estimate of drug-likeness (QED) is 0.760. The number of nitrogens with one attached hydrogen (secondary N) is 2. The van der Waals surface area contributed by atoms with Crippen molar-refractivity contribution in [2.45, 2.75) is 12.8 Å². The molecule has 0 spiro atoms. The highest BCUT2D eigenvalue weighted by atomic mass is 35.5. The minimum atomic E-state index is 0.0185. The summed E-state index contributed by atoms with van der Waals surface area (Å²) < 4.78 is 0. The van der Waals surface area contributed by atoms with Gasteiger partial charge in [0, 0.05) is 11.6 Å². The number of carbonyl (C=O) groups excluding carboxylic acids is 1. The topological polar surface area (TPSA) is 57.8 Å². The van der Waals surface area contributed by atoms with E-state index in [9.17, 15) is 4.79 Å². The highest BCUT2D eigenvalue weighted by Crippen LogP contribution is 2.12. The van der Waals surface area contributed by atoms with Gasteiger partial charge in [-0.3, -0.25) is 4.79 Å². The molecule has 0 bridgehead atoms. The third kappa shape index (κ3) is 3.65. The highest BCUT2D eigenvalue weighted by Gasteiger charge is 2.04. The molecule has 0 aliphatic rings. The molecule has 1 aromatic heterocycles. The van der Waals surface area contributed by atoms with Crippen LogP contribution in [0.25, 0.3) is 11.0 Å². The number of nitrogens with zero attached hydrogens (tertiary/aromatic N) is 1. The number of amides is 1. The Morgan fingerprint density at radius 3 is 2.73 bits per heavy atom. The number of carbonyl (C=O) groups is 1. The van der Waals surface area contributed by atoms with Crippen LogP contribution in [0, 0.1) is 0 Å². The van der Waals surface area contributed by atoms with Crippen molar-refractivity contribution >= 4 is 28.5 Å². The molecule has 1 heterocycles. The maximum absolute atomic E-state index is 11.9. The lowest BCUT2D eigenvalue weighted by molar-refractivity contribution is -0.120. The number of rotatable bonds is 5. The molecule has 5 heteroatoms. The van der Waals surface area contributed by atoms with Crippen molar-refractivity contribution in [2.75, 3.05) is 6.54 Å². The van der Waals surface area contributed by atoms with Crippen LogP contribution in [0.2, 0.25) is 5.02 Å². The van der Waals surface area contributed by atoms with Crippen molar-refractivity contribution in [1.82, 2.24) is 15.3 Å². The number of hydrogen-bond acceptors (Lipinski definition) is 2. The van der Waals surface area contributed by atoms with E-state index in [2.05, 4.69) is 21.4 Å². The second-order valence-electron chi connectivity index (χ2n) is 5.16. The van der Waals surface area contributed by atoms with Gasteiger partial charge in [0.1, 0.15) is 0 Å². The van der Waals surface area contributed by atoms with Gasteiger partial charge in [-0.1, -0.05) is 29.8 Å². The Balaban J connectivity index is 1.49. The molecule has 0 aliphatic heterocycles. The van der Waals surface area contributed by atoms with Crippen LogP contribution in [0.4, 0.5) is 0 Å². The molecule has 112 valence electrons. The number of benzene rings is 2. The molecule has 0 fully saturated rings. The summed E-state index contributed by atoms with van der Waals surface area (Å²) in [6.07, 6.45) is 2.85. The fraction of sp³-hybridized carbons (Fsp3) is 0.176. The molecule has 0 saturated heterocycles. The Bertz CT molecular complexity index is 780. The number of fused-ring (bicyclic) bond motifs is 1. The van der Waals surface area contributed by atoms with Crippen molar-refractivity contribution in [3.05, 3.63) is 64.9 Å². The van der Waals surface area contributed by atoms with E-state index < -0.39 is 0 Å². The van der Waals surface area contributed by atoms with Crippen molar-refractivity contribution < 1.29 is 4.79 Å². The lowest BCUT2D eigenvalue weighted by atomic mass is 10.1. The van der Waals surface area contributed by atoms with Crippen molar-refractivity contribution in [2.24, 2.45) is 0 Å². The molecule has 4 nitrogen and oxygen atoms in total. The Labute approximate surface area is 133 Å². The van der Waals surface area contributed by atoms with Gasteiger partial charge in [-0.25, -0.2) is 4.98 Å². The van der Waals surface area contributed by atoms with E-state index in [-0.39, 0.29) is 5.91 Å². The minimum absolute atomic E-state index is 0.0185. The summed E-state index contributed by atoms with van der Waals surface area (Å²) in [6, 6.07) is 13.4. The molecule has 22 heavy (non-hydrogen) atoms. The average Bonchev–Trinajstić information content (AvgIpc) is 2.97. The van der Waals surface area contributed by atoms with Crippen molar-refractivity contribution in [3.63, 3.8) is 0 Å². The second-order valence-corrected chi connectivity index (χ2v) is 5.59. The van der Waals surface area contributed by atoms with Crippen LogP contribution in [-0.4, -0.2) is 22.4 Å². The minimum Gasteiger partial charge on any atom is -0.355 e. The maximum Gasteiger partial charge on any atom is 0.224 e. The van der Waals surface area contributed by atoms with E-state index in [0.717, 1.165) is 23.0 Å². The van der Waals surface area contributed by atoms with Gasteiger partial charge in [-0.05, 0) is 41.8 Å². The Hall–Kier alpha value is -2.33. The first-order valence-electron chi connectivity index (χ1n) is 7.14. The standard InChI is InChI=1S/C17H16ClN3O/c18-14-4-1-12(2-5-14)10-17(22)19-8-7-13-3-6-15-16(9-13)21-11-20-15/h1-6,9,11H,7-8,10H2,(H,19,22)(H,20,21). The molecular formula is C17H16ClN3O. The molecule has 0 atom stereocenters. The number of aromatic amines is 1. The predicted octanol–water partition coefficient (Wildman–Crippen LogP) is 3.12. The normalized spacial score (nSPS) is 10.8. The highest BCUT2D eigenvalue weighted by molar-refractivity contribution is 6.30. The van der Waals surface area contributed by atoms with E-state index in [4.69, 9.17) is 11.6 Å². The monoisotopic (exact) mass is 313 g/mol. The van der Waals surface area contributed by atoms with Gasteiger partial charge in [0.25, 0.3) is 0 Å². The third-order valence-electron chi connectivity index (χ3n) is 3.50. The largest absolute Gasteiger partial charge is 0.355 e. The van der Waals surface area contributed by atoms with Gasteiger partial charge in [-0.2, -0.15) is 0 Å². The lowest BCUT2D eigenvalue weighted by Gasteiger charge is -2.06. The van der Waals surface area contributed by atoms with Crippen LogP contribution in [0.1, 0.15) is 11.1 Å². The van der Waals surface area contributed by atoms with Crippen LogP contribution in [0.3, 0.4) is 0 Å². The lowest BCUT2D eigenvalue weighted by Crippen LogP contribution is -2.27. The molecule has 0 radical (unpaired) electrons. The molecule has 0 saturated carbocycles. The van der Waals surface area contributed by atoms with Gasteiger partial charge in [0.05, 0.1) is 23.8 Å². The van der Waals surface area contributed by atoms with Crippen LogP contribution in [0.15, 0.2) is 48.8 Å². The number of aromatic nitrogens is 2. The van der Waals surface area contributed by atoms with Gasteiger partial charge >= 0.3 is 0 Å². The SMILES string of the molecule is O=C(Cc1ccc(Cl)cc1)NCCc1ccc2nc[nH]c2c1. The van der Waals surface area contributed by atoms with Gasteiger partial charge in [0.2, 0.25) is 5.91 Å². The smallest absolute Gasteiger partial charge is 0.224 e. The van der Waals surface area contributed by atoms with Crippen LogP contribution >= 0.6 is 11.6 Å². The fourth-order valence-electron chi connectivity index (χ4n) is 2.33. The summed E-state index contributed by atoms with van der Waals surface area (Å²) in [4.78, 5) is 19.2. The first-order valence-corrected chi connectivity index (χ1v) is 7.52. The van der Waals surface area contributed by atoms with Crippen molar-refractivity contribution in [1.29, 1.82) is 0 Å². The number of H-pyrrole nitrogens is 1. The van der Waals surface area contributed by atoms with Crippen LogP contribution < -0.4 is 5.32 Å². The summed E-state index contributed by atoms with van der Waals surface area (Å²) in [7, 11) is 0. The van der Waals surface area contributed by atoms with E-state index >= 15 is 0 Å². The summed E-state index contributed by atoms with van der Waals surface area (Å²) in [5.41, 5.74) is 4.10. The predicted molar refractivity (Wildman–Crippen MR) is 88.0 cm³/mol. The van der Waals surface area contributed by atoms with Crippen LogP contribution in [-0.2, 0) is 17.6 Å². The third-order valence-corrected chi connectivity index (χ3v) is 3.75. The second kappa shape index (κ2) is 6.62. The first kappa shape index (κ1) is 14.6. The van der Waals surface area contributed by atoms with Crippen molar-refractivity contribution in [3.8, 4) is 0 Å². The molecule has 3 aromatic rings. The zero-order valence-electron chi connectivity index (χ0n) is 12.0. The molecule has 0 unspecified atom stereocenters.